The van der Waals surface area contributed by atoms with Gasteiger partial charge in [0, 0.05) is 18.7 Å². The van der Waals surface area contributed by atoms with E-state index < -0.39 is 0 Å². The van der Waals surface area contributed by atoms with Gasteiger partial charge in [0.1, 0.15) is 11.6 Å². The van der Waals surface area contributed by atoms with Crippen molar-refractivity contribution in [2.75, 3.05) is 19.8 Å². The number of unbranched alkanes of at least 4 members (excludes halogenated alkanes) is 3. The Morgan fingerprint density at radius 1 is 1.19 bits per heavy atom. The van der Waals surface area contributed by atoms with E-state index in [1.165, 1.54) is 12.1 Å². The largest absolute Gasteiger partial charge is 0.493 e. The van der Waals surface area contributed by atoms with Crippen molar-refractivity contribution in [1.29, 1.82) is 0 Å². The van der Waals surface area contributed by atoms with Gasteiger partial charge in [-0.3, -0.25) is 0 Å². The topological polar surface area (TPSA) is 41.5 Å². The van der Waals surface area contributed by atoms with E-state index in [-0.39, 0.29) is 12.4 Å². The number of hydrogen-bond donors (Lipinski definition) is 2. The van der Waals surface area contributed by atoms with Gasteiger partial charge in [0.25, 0.3) is 0 Å². The highest BCUT2D eigenvalue weighted by molar-refractivity contribution is 5.33. The summed E-state index contributed by atoms with van der Waals surface area (Å²) in [7, 11) is 0. The van der Waals surface area contributed by atoms with Crippen LogP contribution in [-0.2, 0) is 6.54 Å². The first-order chi connectivity index (χ1) is 10.1. The van der Waals surface area contributed by atoms with E-state index in [0.717, 1.165) is 43.5 Å². The van der Waals surface area contributed by atoms with Gasteiger partial charge in [-0.05, 0) is 49.9 Å². The Bertz CT molecular complexity index is 396. The van der Waals surface area contributed by atoms with Crippen molar-refractivity contribution in [3.63, 3.8) is 0 Å². The van der Waals surface area contributed by atoms with Gasteiger partial charge in [-0.25, -0.2) is 4.39 Å². The Kier molecular flexibility index (Phi) is 9.02. The quantitative estimate of drug-likeness (QED) is 0.614. The van der Waals surface area contributed by atoms with Crippen molar-refractivity contribution < 1.29 is 14.2 Å². The average molecular weight is 297 g/mol. The first-order valence-electron chi connectivity index (χ1n) is 7.86. The third-order valence-electron chi connectivity index (χ3n) is 3.20. The monoisotopic (exact) mass is 297 g/mol. The summed E-state index contributed by atoms with van der Waals surface area (Å²) in [5, 5.41) is 12.0. The van der Waals surface area contributed by atoms with Crippen molar-refractivity contribution >= 4 is 0 Å². The molecule has 4 heteroatoms. The normalized spacial score (nSPS) is 11.1. The molecule has 0 aliphatic carbocycles. The highest BCUT2D eigenvalue weighted by Crippen LogP contribution is 2.20. The molecule has 0 saturated heterocycles. The van der Waals surface area contributed by atoms with Crippen molar-refractivity contribution in [1.82, 2.24) is 5.32 Å². The second-order valence-electron chi connectivity index (χ2n) is 5.76. The fourth-order valence-electron chi connectivity index (χ4n) is 2.07. The lowest BCUT2D eigenvalue weighted by atomic mass is 10.1. The van der Waals surface area contributed by atoms with Crippen LogP contribution in [0.15, 0.2) is 18.2 Å². The summed E-state index contributed by atoms with van der Waals surface area (Å²) in [6.45, 7) is 6.69. The van der Waals surface area contributed by atoms with Gasteiger partial charge < -0.3 is 15.2 Å². The van der Waals surface area contributed by atoms with Crippen LogP contribution >= 0.6 is 0 Å². The predicted molar refractivity (Wildman–Crippen MR) is 84.0 cm³/mol. The average Bonchev–Trinajstić information content (AvgIpc) is 2.44. The molecule has 0 atom stereocenters. The molecule has 0 radical (unpaired) electrons. The molecule has 0 saturated carbocycles. The zero-order valence-corrected chi connectivity index (χ0v) is 13.2. The Balaban J connectivity index is 2.40. The lowest BCUT2D eigenvalue weighted by Crippen LogP contribution is -2.19. The molecule has 0 bridgehead atoms. The number of aliphatic hydroxyl groups excluding tert-OH is 1. The highest BCUT2D eigenvalue weighted by Gasteiger charge is 2.06. The van der Waals surface area contributed by atoms with Gasteiger partial charge in [0.05, 0.1) is 6.61 Å². The molecule has 1 aromatic rings. The van der Waals surface area contributed by atoms with Crippen molar-refractivity contribution in [2.45, 2.75) is 46.1 Å². The molecule has 21 heavy (non-hydrogen) atoms. The van der Waals surface area contributed by atoms with Crippen LogP contribution in [-0.4, -0.2) is 24.9 Å². The third kappa shape index (κ3) is 8.02. The number of ether oxygens (including phenoxy) is 1. The summed E-state index contributed by atoms with van der Waals surface area (Å²) < 4.78 is 19.1. The number of nitrogens with one attached hydrogen (secondary N) is 1. The van der Waals surface area contributed by atoms with Gasteiger partial charge in [0.15, 0.2) is 0 Å². The van der Waals surface area contributed by atoms with E-state index in [1.807, 2.05) is 0 Å². The SMILES string of the molecule is CC(C)CNCc1cc(F)ccc1OCCCCCCO. The first kappa shape index (κ1) is 17.9. The second-order valence-corrected chi connectivity index (χ2v) is 5.76. The second kappa shape index (κ2) is 10.6. The van der Waals surface area contributed by atoms with Crippen LogP contribution in [0.1, 0.15) is 45.1 Å². The summed E-state index contributed by atoms with van der Waals surface area (Å²) in [6, 6.07) is 4.68. The molecule has 0 heterocycles. The van der Waals surface area contributed by atoms with Crippen molar-refractivity contribution in [2.24, 2.45) is 5.92 Å². The Labute approximate surface area is 127 Å². The fraction of sp³-hybridized carbons (Fsp3) is 0.647. The Hall–Kier alpha value is -1.13. The summed E-state index contributed by atoms with van der Waals surface area (Å²) >= 11 is 0. The van der Waals surface area contributed by atoms with Crippen molar-refractivity contribution in [3.05, 3.63) is 29.6 Å². The van der Waals surface area contributed by atoms with Crippen LogP contribution in [0, 0.1) is 11.7 Å². The molecule has 0 aliphatic rings. The summed E-state index contributed by atoms with van der Waals surface area (Å²) in [6.07, 6.45) is 3.87. The Morgan fingerprint density at radius 2 is 1.95 bits per heavy atom. The lowest BCUT2D eigenvalue weighted by molar-refractivity contribution is 0.272. The van der Waals surface area contributed by atoms with Gasteiger partial charge in [-0.2, -0.15) is 0 Å². The number of benzene rings is 1. The molecule has 120 valence electrons. The standard InChI is InChI=1S/C17H28FNO2/c1-14(2)12-19-13-15-11-16(18)7-8-17(15)21-10-6-4-3-5-9-20/h7-8,11,14,19-20H,3-6,9-10,12-13H2,1-2H3. The van der Waals surface area contributed by atoms with E-state index in [0.29, 0.717) is 19.1 Å². The van der Waals surface area contributed by atoms with Crippen LogP contribution in [0.2, 0.25) is 0 Å². The van der Waals surface area contributed by atoms with Crippen LogP contribution in [0.25, 0.3) is 0 Å². The predicted octanol–water partition coefficient (Wildman–Crippen LogP) is 3.50. The van der Waals surface area contributed by atoms with E-state index >= 15 is 0 Å². The number of aliphatic hydroxyl groups is 1. The van der Waals surface area contributed by atoms with Crippen LogP contribution < -0.4 is 10.1 Å². The molecular weight excluding hydrogens is 269 g/mol. The molecule has 3 nitrogen and oxygen atoms in total. The molecule has 1 rings (SSSR count). The summed E-state index contributed by atoms with van der Waals surface area (Å²) in [5.41, 5.74) is 0.867. The lowest BCUT2D eigenvalue weighted by Gasteiger charge is -2.13. The molecule has 0 fully saturated rings. The van der Waals surface area contributed by atoms with Gasteiger partial charge in [-0.15, -0.1) is 0 Å². The van der Waals surface area contributed by atoms with E-state index in [9.17, 15) is 4.39 Å². The number of rotatable bonds is 11. The molecule has 0 amide bonds. The first-order valence-corrected chi connectivity index (χ1v) is 7.86. The minimum absolute atomic E-state index is 0.230. The van der Waals surface area contributed by atoms with E-state index in [1.54, 1.807) is 6.07 Å². The van der Waals surface area contributed by atoms with Crippen molar-refractivity contribution in [3.8, 4) is 5.75 Å². The summed E-state index contributed by atoms with van der Waals surface area (Å²) in [5.74, 6) is 1.09. The minimum atomic E-state index is -0.230. The molecule has 0 aliphatic heterocycles. The molecular formula is C17H28FNO2. The maximum absolute atomic E-state index is 13.4. The fourth-order valence-corrected chi connectivity index (χ4v) is 2.07. The Morgan fingerprint density at radius 3 is 2.67 bits per heavy atom. The van der Waals surface area contributed by atoms with Crippen LogP contribution in [0.4, 0.5) is 4.39 Å². The third-order valence-corrected chi connectivity index (χ3v) is 3.20. The molecule has 0 unspecified atom stereocenters. The zero-order chi connectivity index (χ0) is 15.5. The molecule has 2 N–H and O–H groups in total. The highest BCUT2D eigenvalue weighted by atomic mass is 19.1. The van der Waals surface area contributed by atoms with E-state index in [4.69, 9.17) is 9.84 Å². The number of hydrogen-bond acceptors (Lipinski definition) is 3. The molecule has 1 aromatic carbocycles. The maximum atomic E-state index is 13.4. The number of halogens is 1. The zero-order valence-electron chi connectivity index (χ0n) is 13.2. The molecule has 0 aromatic heterocycles. The van der Waals surface area contributed by atoms with Crippen LogP contribution in [0.5, 0.6) is 5.75 Å². The van der Waals surface area contributed by atoms with Gasteiger partial charge in [-0.1, -0.05) is 20.3 Å². The van der Waals surface area contributed by atoms with Gasteiger partial charge in [0.2, 0.25) is 0 Å². The maximum Gasteiger partial charge on any atom is 0.123 e. The minimum Gasteiger partial charge on any atom is -0.493 e. The molecule has 0 spiro atoms. The van der Waals surface area contributed by atoms with Gasteiger partial charge >= 0.3 is 0 Å². The van der Waals surface area contributed by atoms with E-state index in [2.05, 4.69) is 19.2 Å². The summed E-state index contributed by atoms with van der Waals surface area (Å²) in [4.78, 5) is 0. The van der Waals surface area contributed by atoms with Crippen LogP contribution in [0.3, 0.4) is 0 Å². The smallest absolute Gasteiger partial charge is 0.123 e.